The second kappa shape index (κ2) is 7.45. The van der Waals surface area contributed by atoms with E-state index in [1.54, 1.807) is 0 Å². The lowest BCUT2D eigenvalue weighted by Crippen LogP contribution is -2.49. The second-order valence-electron chi connectivity index (χ2n) is 7.01. The molecular formula is C19H24N4O3. The maximum absolute atomic E-state index is 12.8. The Morgan fingerprint density at radius 3 is 2.81 bits per heavy atom. The van der Waals surface area contributed by atoms with Gasteiger partial charge in [0.05, 0.1) is 36.8 Å². The minimum Gasteiger partial charge on any atom is -0.378 e. The fourth-order valence-electron chi connectivity index (χ4n) is 3.86. The summed E-state index contributed by atoms with van der Waals surface area (Å²) in [5.74, 6) is 0.126. The van der Waals surface area contributed by atoms with Gasteiger partial charge in [-0.15, -0.1) is 0 Å². The van der Waals surface area contributed by atoms with E-state index in [4.69, 9.17) is 4.74 Å². The second-order valence-corrected chi connectivity index (χ2v) is 7.01. The van der Waals surface area contributed by atoms with E-state index < -0.39 is 0 Å². The summed E-state index contributed by atoms with van der Waals surface area (Å²) >= 11 is 0. The average Bonchev–Trinajstić information content (AvgIpc) is 3.11. The molecule has 3 heterocycles. The predicted octanol–water partition coefficient (Wildman–Crippen LogP) is 1.20. The highest BCUT2D eigenvalue weighted by Crippen LogP contribution is 2.22. The van der Waals surface area contributed by atoms with Gasteiger partial charge in [-0.3, -0.25) is 14.7 Å². The van der Waals surface area contributed by atoms with E-state index in [2.05, 4.69) is 10.2 Å². The zero-order valence-electron chi connectivity index (χ0n) is 14.8. The summed E-state index contributed by atoms with van der Waals surface area (Å²) in [5, 5.41) is 8.22. The van der Waals surface area contributed by atoms with Crippen molar-refractivity contribution in [1.82, 2.24) is 20.0 Å². The number of aromatic amines is 1. The summed E-state index contributed by atoms with van der Waals surface area (Å²) in [4.78, 5) is 29.2. The molecule has 0 saturated carbocycles. The van der Waals surface area contributed by atoms with Gasteiger partial charge in [0.15, 0.2) is 0 Å². The third kappa shape index (κ3) is 3.44. The monoisotopic (exact) mass is 356 g/mol. The van der Waals surface area contributed by atoms with Gasteiger partial charge in [0, 0.05) is 31.6 Å². The van der Waals surface area contributed by atoms with Crippen molar-refractivity contribution in [1.29, 1.82) is 0 Å². The van der Waals surface area contributed by atoms with E-state index in [-0.39, 0.29) is 17.7 Å². The van der Waals surface area contributed by atoms with Crippen LogP contribution < -0.4 is 0 Å². The van der Waals surface area contributed by atoms with Crippen LogP contribution in [-0.4, -0.2) is 71.2 Å². The lowest BCUT2D eigenvalue weighted by molar-refractivity contribution is -0.143. The van der Waals surface area contributed by atoms with E-state index in [0.29, 0.717) is 39.3 Å². The third-order valence-corrected chi connectivity index (χ3v) is 5.31. The van der Waals surface area contributed by atoms with E-state index in [0.717, 1.165) is 36.0 Å². The molecule has 2 aliphatic heterocycles. The van der Waals surface area contributed by atoms with Crippen molar-refractivity contribution in [3.8, 4) is 0 Å². The Bertz CT molecular complexity index is 797. The lowest BCUT2D eigenvalue weighted by Gasteiger charge is -2.36. The summed E-state index contributed by atoms with van der Waals surface area (Å²) in [6.07, 6.45) is 2.02. The number of ether oxygens (including phenoxy) is 1. The summed E-state index contributed by atoms with van der Waals surface area (Å²) in [7, 11) is 0. The molecule has 2 aromatic rings. The zero-order valence-corrected chi connectivity index (χ0v) is 14.8. The average molecular weight is 356 g/mol. The van der Waals surface area contributed by atoms with Crippen molar-refractivity contribution in [3.05, 3.63) is 30.0 Å². The first-order chi connectivity index (χ1) is 12.7. The van der Waals surface area contributed by atoms with Crippen LogP contribution in [0.1, 0.15) is 18.5 Å². The largest absolute Gasteiger partial charge is 0.378 e. The summed E-state index contributed by atoms with van der Waals surface area (Å²) in [6, 6.07) is 7.78. The van der Waals surface area contributed by atoms with Gasteiger partial charge in [0.2, 0.25) is 11.8 Å². The Morgan fingerprint density at radius 2 is 1.96 bits per heavy atom. The Morgan fingerprint density at radius 1 is 1.15 bits per heavy atom. The van der Waals surface area contributed by atoms with Crippen LogP contribution >= 0.6 is 0 Å². The lowest BCUT2D eigenvalue weighted by atomic mass is 9.96. The number of piperidine rings is 1. The third-order valence-electron chi connectivity index (χ3n) is 5.31. The molecule has 0 bridgehead atoms. The molecule has 2 amide bonds. The highest BCUT2D eigenvalue weighted by molar-refractivity contribution is 5.88. The van der Waals surface area contributed by atoms with Crippen molar-refractivity contribution in [2.75, 3.05) is 39.4 Å². The van der Waals surface area contributed by atoms with Crippen molar-refractivity contribution in [2.45, 2.75) is 19.3 Å². The molecule has 1 aromatic heterocycles. The number of benzene rings is 1. The molecule has 1 atom stereocenters. The number of carbonyl (C=O) groups excluding carboxylic acids is 2. The van der Waals surface area contributed by atoms with Gasteiger partial charge in [0.25, 0.3) is 0 Å². The van der Waals surface area contributed by atoms with Crippen LogP contribution in [0, 0.1) is 5.92 Å². The number of rotatable bonds is 3. The minimum absolute atomic E-state index is 0.0545. The van der Waals surface area contributed by atoms with Crippen molar-refractivity contribution >= 4 is 22.7 Å². The molecule has 0 radical (unpaired) electrons. The number of hydrogen-bond acceptors (Lipinski definition) is 4. The van der Waals surface area contributed by atoms with Crippen LogP contribution in [0.2, 0.25) is 0 Å². The smallest absolute Gasteiger partial charge is 0.228 e. The molecule has 0 spiro atoms. The Balaban J connectivity index is 1.40. The number of para-hydroxylation sites is 1. The summed E-state index contributed by atoms with van der Waals surface area (Å²) < 4.78 is 5.32. The van der Waals surface area contributed by atoms with Gasteiger partial charge in [-0.1, -0.05) is 18.2 Å². The fourth-order valence-corrected chi connectivity index (χ4v) is 3.86. The van der Waals surface area contributed by atoms with Crippen molar-refractivity contribution in [2.24, 2.45) is 5.92 Å². The van der Waals surface area contributed by atoms with Gasteiger partial charge in [-0.05, 0) is 18.9 Å². The number of H-pyrrole nitrogens is 1. The molecule has 7 heteroatoms. The number of amides is 2. The normalized spacial score (nSPS) is 21.2. The molecule has 2 fully saturated rings. The number of fused-ring (bicyclic) bond motifs is 1. The maximum Gasteiger partial charge on any atom is 0.228 e. The molecule has 1 aromatic carbocycles. The number of aromatic nitrogens is 2. The summed E-state index contributed by atoms with van der Waals surface area (Å²) in [6.45, 7) is 3.76. The molecule has 26 heavy (non-hydrogen) atoms. The van der Waals surface area contributed by atoms with Crippen LogP contribution in [0.5, 0.6) is 0 Å². The first-order valence-electron chi connectivity index (χ1n) is 9.28. The molecule has 0 aliphatic carbocycles. The Kier molecular flexibility index (Phi) is 4.88. The van der Waals surface area contributed by atoms with Crippen LogP contribution in [0.3, 0.4) is 0 Å². The standard InChI is InChI=1S/C19H24N4O3/c24-18(12-17-15-5-1-2-6-16(15)20-21-17)23-7-3-4-14(13-23)19(25)22-8-10-26-11-9-22/h1-2,5-6,14H,3-4,7-13H2,(H,20,21)/t14-/m1/s1. The van der Waals surface area contributed by atoms with Crippen molar-refractivity contribution in [3.63, 3.8) is 0 Å². The van der Waals surface area contributed by atoms with E-state index in [9.17, 15) is 9.59 Å². The highest BCUT2D eigenvalue weighted by atomic mass is 16.5. The molecule has 138 valence electrons. The Labute approximate surface area is 152 Å². The van der Waals surface area contributed by atoms with Gasteiger partial charge >= 0.3 is 0 Å². The molecule has 1 N–H and O–H groups in total. The zero-order chi connectivity index (χ0) is 17.9. The quantitative estimate of drug-likeness (QED) is 0.896. The molecule has 7 nitrogen and oxygen atoms in total. The molecule has 2 aliphatic rings. The number of morpholine rings is 1. The molecular weight excluding hydrogens is 332 g/mol. The van der Waals surface area contributed by atoms with Gasteiger partial charge in [-0.25, -0.2) is 0 Å². The fraction of sp³-hybridized carbons (Fsp3) is 0.526. The first kappa shape index (κ1) is 17.0. The molecule has 4 rings (SSSR count). The SMILES string of the molecule is O=C(Cc1[nH]nc2ccccc12)N1CCC[C@@H](C(=O)N2CCOCC2)C1. The first-order valence-corrected chi connectivity index (χ1v) is 9.28. The van der Waals surface area contributed by atoms with Gasteiger partial charge < -0.3 is 14.5 Å². The topological polar surface area (TPSA) is 78.5 Å². The number of carbonyl (C=O) groups is 2. The van der Waals surface area contributed by atoms with Crippen LogP contribution in [-0.2, 0) is 20.7 Å². The van der Waals surface area contributed by atoms with Crippen molar-refractivity contribution < 1.29 is 14.3 Å². The summed E-state index contributed by atoms with van der Waals surface area (Å²) in [5.41, 5.74) is 1.71. The minimum atomic E-state index is -0.0932. The number of likely N-dealkylation sites (tertiary alicyclic amines) is 1. The van der Waals surface area contributed by atoms with E-state index in [1.807, 2.05) is 34.1 Å². The Hall–Kier alpha value is -2.41. The number of nitrogens with one attached hydrogen (secondary N) is 1. The molecule has 2 saturated heterocycles. The van der Waals surface area contributed by atoms with Crippen LogP contribution in [0.15, 0.2) is 24.3 Å². The number of hydrogen-bond donors (Lipinski definition) is 1. The van der Waals surface area contributed by atoms with Gasteiger partial charge in [-0.2, -0.15) is 5.10 Å². The van der Waals surface area contributed by atoms with E-state index >= 15 is 0 Å². The van der Waals surface area contributed by atoms with Gasteiger partial charge in [0.1, 0.15) is 0 Å². The van der Waals surface area contributed by atoms with E-state index in [1.165, 1.54) is 0 Å². The van der Waals surface area contributed by atoms with Crippen LogP contribution in [0.4, 0.5) is 0 Å². The van der Waals surface area contributed by atoms with Crippen LogP contribution in [0.25, 0.3) is 10.9 Å². The number of nitrogens with zero attached hydrogens (tertiary/aromatic N) is 3. The maximum atomic E-state index is 12.8. The highest BCUT2D eigenvalue weighted by Gasteiger charge is 2.32. The predicted molar refractivity (Wildman–Crippen MR) is 96.5 cm³/mol. The molecule has 0 unspecified atom stereocenters.